The molecule has 0 radical (unpaired) electrons. The predicted molar refractivity (Wildman–Crippen MR) is 69.1 cm³/mol. The lowest BCUT2D eigenvalue weighted by Gasteiger charge is -2.10. The van der Waals surface area contributed by atoms with E-state index in [0.29, 0.717) is 0 Å². The molecule has 0 aliphatic carbocycles. The lowest BCUT2D eigenvalue weighted by atomic mass is 9.97. The lowest BCUT2D eigenvalue weighted by molar-refractivity contribution is -0.141. The molecule has 0 fully saturated rings. The number of carbonyl (C=O) groups is 1. The van der Waals surface area contributed by atoms with Crippen LogP contribution in [0.25, 0.3) is 10.8 Å². The van der Waals surface area contributed by atoms with Crippen molar-refractivity contribution in [2.75, 3.05) is 7.11 Å². The summed E-state index contributed by atoms with van der Waals surface area (Å²) in [5.41, 5.74) is 2.24. The summed E-state index contributed by atoms with van der Waals surface area (Å²) in [7, 11) is 1.42. The summed E-state index contributed by atoms with van der Waals surface area (Å²) in [5.74, 6) is -0.415. The molecule has 0 aromatic heterocycles. The molecule has 2 nitrogen and oxygen atoms in total. The quantitative estimate of drug-likeness (QED) is 0.736. The Labute approximate surface area is 101 Å². The van der Waals surface area contributed by atoms with E-state index >= 15 is 0 Å². The minimum absolute atomic E-state index is 0.198. The molecule has 0 saturated carbocycles. The van der Waals surface area contributed by atoms with Crippen LogP contribution in [0.4, 0.5) is 0 Å². The highest BCUT2D eigenvalue weighted by Gasteiger charge is 2.15. The van der Waals surface area contributed by atoms with Crippen LogP contribution in [0.5, 0.6) is 0 Å². The maximum absolute atomic E-state index is 11.5. The van der Waals surface area contributed by atoms with E-state index < -0.39 is 0 Å². The maximum Gasteiger partial charge on any atom is 0.312 e. The Bertz CT molecular complexity index is 558. The van der Waals surface area contributed by atoms with Crippen molar-refractivity contribution in [3.8, 4) is 0 Å². The standard InChI is InChI=1S/C15H16O2/c1-10-4-5-14-9-12(6-7-13(14)8-10)11(2)15(16)17-3/h4-9,11H,1-3H3/t11-/m0/s1. The number of carbonyl (C=O) groups excluding carboxylic acids is 1. The molecule has 0 aliphatic heterocycles. The van der Waals surface area contributed by atoms with Crippen molar-refractivity contribution >= 4 is 16.7 Å². The fourth-order valence-corrected chi connectivity index (χ4v) is 1.97. The van der Waals surface area contributed by atoms with Gasteiger partial charge in [-0.1, -0.05) is 42.0 Å². The van der Waals surface area contributed by atoms with Gasteiger partial charge >= 0.3 is 5.97 Å². The third kappa shape index (κ3) is 2.31. The molecule has 2 heteroatoms. The largest absolute Gasteiger partial charge is 0.469 e. The number of hydrogen-bond acceptors (Lipinski definition) is 2. The summed E-state index contributed by atoms with van der Waals surface area (Å²) in [6, 6.07) is 12.4. The van der Waals surface area contributed by atoms with Gasteiger partial charge in [0.1, 0.15) is 0 Å². The van der Waals surface area contributed by atoms with Crippen LogP contribution in [0.2, 0.25) is 0 Å². The van der Waals surface area contributed by atoms with Gasteiger partial charge in [-0.2, -0.15) is 0 Å². The van der Waals surface area contributed by atoms with E-state index in [0.717, 1.165) is 10.9 Å². The molecular formula is C15H16O2. The lowest BCUT2D eigenvalue weighted by Crippen LogP contribution is -2.10. The number of hydrogen-bond donors (Lipinski definition) is 0. The SMILES string of the molecule is COC(=O)[C@@H](C)c1ccc2cc(C)ccc2c1. The number of aryl methyl sites for hydroxylation is 1. The van der Waals surface area contributed by atoms with Gasteiger partial charge in [0.25, 0.3) is 0 Å². The second-order valence-corrected chi connectivity index (χ2v) is 4.35. The van der Waals surface area contributed by atoms with Gasteiger partial charge in [0.2, 0.25) is 0 Å². The minimum atomic E-state index is -0.217. The number of fused-ring (bicyclic) bond motifs is 1. The van der Waals surface area contributed by atoms with Crippen molar-refractivity contribution in [2.45, 2.75) is 19.8 Å². The molecule has 0 N–H and O–H groups in total. The molecule has 88 valence electrons. The highest BCUT2D eigenvalue weighted by Crippen LogP contribution is 2.23. The van der Waals surface area contributed by atoms with Gasteiger partial charge in [0.15, 0.2) is 0 Å². The van der Waals surface area contributed by atoms with E-state index in [9.17, 15) is 4.79 Å². The summed E-state index contributed by atoms with van der Waals surface area (Å²) >= 11 is 0. The molecule has 0 amide bonds. The zero-order valence-corrected chi connectivity index (χ0v) is 10.4. The zero-order chi connectivity index (χ0) is 12.4. The molecule has 0 saturated heterocycles. The number of esters is 1. The van der Waals surface area contributed by atoms with Crippen LogP contribution in [-0.2, 0) is 9.53 Å². The van der Waals surface area contributed by atoms with Gasteiger partial charge in [0, 0.05) is 0 Å². The third-order valence-corrected chi connectivity index (χ3v) is 3.07. The minimum Gasteiger partial charge on any atom is -0.469 e. The Morgan fingerprint density at radius 2 is 1.76 bits per heavy atom. The Morgan fingerprint density at radius 1 is 1.12 bits per heavy atom. The normalized spacial score (nSPS) is 12.4. The van der Waals surface area contributed by atoms with Crippen LogP contribution in [0.3, 0.4) is 0 Å². The maximum atomic E-state index is 11.5. The van der Waals surface area contributed by atoms with Gasteiger partial charge in [-0.15, -0.1) is 0 Å². The van der Waals surface area contributed by atoms with Crippen molar-refractivity contribution in [3.63, 3.8) is 0 Å². The highest BCUT2D eigenvalue weighted by molar-refractivity contribution is 5.86. The van der Waals surface area contributed by atoms with Crippen LogP contribution in [0.1, 0.15) is 24.0 Å². The van der Waals surface area contributed by atoms with E-state index in [1.807, 2.05) is 13.0 Å². The molecule has 0 bridgehead atoms. The molecule has 2 aromatic rings. The summed E-state index contributed by atoms with van der Waals surface area (Å²) in [6.45, 7) is 3.94. The Hall–Kier alpha value is -1.83. The smallest absolute Gasteiger partial charge is 0.312 e. The number of rotatable bonds is 2. The molecule has 0 unspecified atom stereocenters. The number of ether oxygens (including phenoxy) is 1. The van der Waals surface area contributed by atoms with Crippen LogP contribution >= 0.6 is 0 Å². The van der Waals surface area contributed by atoms with Crippen LogP contribution in [0.15, 0.2) is 36.4 Å². The molecule has 17 heavy (non-hydrogen) atoms. The van der Waals surface area contributed by atoms with E-state index in [-0.39, 0.29) is 11.9 Å². The van der Waals surface area contributed by atoms with Crippen molar-refractivity contribution in [1.82, 2.24) is 0 Å². The monoisotopic (exact) mass is 228 g/mol. The van der Waals surface area contributed by atoms with Gasteiger partial charge < -0.3 is 4.74 Å². The first-order valence-corrected chi connectivity index (χ1v) is 5.70. The second-order valence-electron chi connectivity index (χ2n) is 4.35. The average molecular weight is 228 g/mol. The van der Waals surface area contributed by atoms with Gasteiger partial charge in [0.05, 0.1) is 13.0 Å². The van der Waals surface area contributed by atoms with Crippen LogP contribution in [-0.4, -0.2) is 13.1 Å². The number of benzene rings is 2. The first kappa shape index (κ1) is 11.6. The molecule has 2 aromatic carbocycles. The van der Waals surface area contributed by atoms with Crippen LogP contribution < -0.4 is 0 Å². The Morgan fingerprint density at radius 3 is 2.47 bits per heavy atom. The fourth-order valence-electron chi connectivity index (χ4n) is 1.97. The molecule has 0 aliphatic rings. The Balaban J connectivity index is 2.44. The summed E-state index contributed by atoms with van der Waals surface area (Å²) < 4.78 is 4.76. The van der Waals surface area contributed by atoms with E-state index in [1.165, 1.54) is 18.1 Å². The second kappa shape index (κ2) is 4.58. The van der Waals surface area contributed by atoms with Crippen molar-refractivity contribution in [3.05, 3.63) is 47.5 Å². The van der Waals surface area contributed by atoms with Crippen molar-refractivity contribution < 1.29 is 9.53 Å². The van der Waals surface area contributed by atoms with E-state index in [1.54, 1.807) is 0 Å². The van der Waals surface area contributed by atoms with Gasteiger partial charge in [-0.05, 0) is 30.2 Å². The summed E-state index contributed by atoms with van der Waals surface area (Å²) in [5, 5.41) is 2.36. The number of methoxy groups -OCH3 is 1. The van der Waals surface area contributed by atoms with Gasteiger partial charge in [-0.25, -0.2) is 0 Å². The molecule has 2 rings (SSSR count). The predicted octanol–water partition coefficient (Wildman–Crippen LogP) is 3.42. The van der Waals surface area contributed by atoms with Gasteiger partial charge in [-0.3, -0.25) is 4.79 Å². The average Bonchev–Trinajstić information content (AvgIpc) is 2.36. The van der Waals surface area contributed by atoms with E-state index in [2.05, 4.69) is 37.3 Å². The van der Waals surface area contributed by atoms with Crippen molar-refractivity contribution in [2.24, 2.45) is 0 Å². The zero-order valence-electron chi connectivity index (χ0n) is 10.4. The van der Waals surface area contributed by atoms with E-state index in [4.69, 9.17) is 4.74 Å². The first-order valence-electron chi connectivity index (χ1n) is 5.70. The third-order valence-electron chi connectivity index (χ3n) is 3.07. The summed E-state index contributed by atoms with van der Waals surface area (Å²) in [4.78, 5) is 11.5. The highest BCUT2D eigenvalue weighted by atomic mass is 16.5. The first-order chi connectivity index (χ1) is 8.11. The molecule has 0 spiro atoms. The molecule has 1 atom stereocenters. The molecule has 0 heterocycles. The fraction of sp³-hybridized carbons (Fsp3) is 0.267. The van der Waals surface area contributed by atoms with Crippen molar-refractivity contribution in [1.29, 1.82) is 0 Å². The summed E-state index contributed by atoms with van der Waals surface area (Å²) in [6.07, 6.45) is 0. The Kier molecular flexibility index (Phi) is 3.14. The van der Waals surface area contributed by atoms with Crippen LogP contribution in [0, 0.1) is 6.92 Å². The molecular weight excluding hydrogens is 212 g/mol. The topological polar surface area (TPSA) is 26.3 Å².